The molecule has 1 atom stereocenters. The van der Waals surface area contributed by atoms with Crippen LogP contribution in [0.15, 0.2) is 30.3 Å². The molecule has 2 N–H and O–H groups in total. The minimum absolute atomic E-state index is 0.0420. The van der Waals surface area contributed by atoms with Crippen LogP contribution in [0.3, 0.4) is 0 Å². The lowest BCUT2D eigenvalue weighted by molar-refractivity contribution is -0.341. The van der Waals surface area contributed by atoms with E-state index in [1.807, 2.05) is 0 Å². The topological polar surface area (TPSA) is 35.2 Å². The molecule has 0 aromatic heterocycles. The molecule has 0 amide bonds. The molecular formula is C9H10F3NO. The molecule has 0 fully saturated rings. The average molecular weight is 205 g/mol. The van der Waals surface area contributed by atoms with Crippen LogP contribution in [0.4, 0.5) is 13.2 Å². The lowest BCUT2D eigenvalue weighted by Gasteiger charge is -2.14. The predicted octanol–water partition coefficient (Wildman–Crippen LogP) is 2.05. The summed E-state index contributed by atoms with van der Waals surface area (Å²) in [5.41, 5.74) is 5.86. The fourth-order valence-corrected chi connectivity index (χ4v) is 1.06. The van der Waals surface area contributed by atoms with E-state index in [0.717, 1.165) is 0 Å². The highest BCUT2D eigenvalue weighted by Crippen LogP contribution is 2.18. The quantitative estimate of drug-likeness (QED) is 0.766. The van der Waals surface area contributed by atoms with E-state index in [1.165, 1.54) is 0 Å². The standard InChI is InChI=1S/C9H10F3NO/c10-9(11,12)14-8(13)6-7-4-2-1-3-5-7/h1-5,8H,6,13H2. The highest BCUT2D eigenvalue weighted by atomic mass is 19.4. The highest BCUT2D eigenvalue weighted by Gasteiger charge is 2.32. The zero-order valence-electron chi connectivity index (χ0n) is 7.29. The molecular weight excluding hydrogens is 195 g/mol. The van der Waals surface area contributed by atoms with Gasteiger partial charge in [0, 0.05) is 6.42 Å². The van der Waals surface area contributed by atoms with Crippen LogP contribution < -0.4 is 5.73 Å². The number of halogens is 3. The first-order valence-electron chi connectivity index (χ1n) is 4.01. The molecule has 78 valence electrons. The van der Waals surface area contributed by atoms with Gasteiger partial charge in [0.1, 0.15) is 6.23 Å². The average Bonchev–Trinajstić information content (AvgIpc) is 2.02. The van der Waals surface area contributed by atoms with Gasteiger partial charge in [-0.3, -0.25) is 4.74 Å². The minimum atomic E-state index is -4.67. The molecule has 5 heteroatoms. The Labute approximate surface area is 79.5 Å². The Morgan fingerprint density at radius 2 is 1.79 bits per heavy atom. The van der Waals surface area contributed by atoms with E-state index in [-0.39, 0.29) is 6.42 Å². The van der Waals surface area contributed by atoms with Crippen molar-refractivity contribution in [2.24, 2.45) is 5.73 Å². The summed E-state index contributed by atoms with van der Waals surface area (Å²) in [5, 5.41) is 0. The fraction of sp³-hybridized carbons (Fsp3) is 0.333. The van der Waals surface area contributed by atoms with Crippen LogP contribution in [0.25, 0.3) is 0 Å². The molecule has 0 saturated heterocycles. The van der Waals surface area contributed by atoms with E-state index in [4.69, 9.17) is 5.73 Å². The van der Waals surface area contributed by atoms with Gasteiger partial charge < -0.3 is 5.73 Å². The fourth-order valence-electron chi connectivity index (χ4n) is 1.06. The van der Waals surface area contributed by atoms with Gasteiger partial charge in [0.05, 0.1) is 0 Å². The van der Waals surface area contributed by atoms with Crippen LogP contribution in [0.1, 0.15) is 5.56 Å². The summed E-state index contributed by atoms with van der Waals surface area (Å²) in [6, 6.07) is 8.63. The third-order valence-corrected chi connectivity index (χ3v) is 1.56. The first-order chi connectivity index (χ1) is 6.47. The molecule has 1 aromatic rings. The Morgan fingerprint density at radius 3 is 2.29 bits per heavy atom. The van der Waals surface area contributed by atoms with Crippen LogP contribution in [-0.4, -0.2) is 12.6 Å². The maximum atomic E-state index is 11.7. The molecule has 0 aliphatic carbocycles. The Morgan fingerprint density at radius 1 is 1.21 bits per heavy atom. The molecule has 0 heterocycles. The maximum Gasteiger partial charge on any atom is 0.524 e. The molecule has 0 saturated carbocycles. The summed E-state index contributed by atoms with van der Waals surface area (Å²) < 4.78 is 38.7. The van der Waals surface area contributed by atoms with E-state index < -0.39 is 12.6 Å². The number of hydrogen-bond donors (Lipinski definition) is 1. The van der Waals surface area contributed by atoms with Crippen LogP contribution >= 0.6 is 0 Å². The molecule has 0 aliphatic heterocycles. The van der Waals surface area contributed by atoms with Crippen molar-refractivity contribution >= 4 is 0 Å². The van der Waals surface area contributed by atoms with Crippen molar-refractivity contribution in [2.45, 2.75) is 19.0 Å². The van der Waals surface area contributed by atoms with Crippen LogP contribution in [-0.2, 0) is 11.2 Å². The maximum absolute atomic E-state index is 11.7. The Hall–Kier alpha value is -1.07. The second kappa shape index (κ2) is 4.43. The lowest BCUT2D eigenvalue weighted by atomic mass is 10.1. The van der Waals surface area contributed by atoms with Gasteiger partial charge in [-0.25, -0.2) is 0 Å². The second-order valence-electron chi connectivity index (χ2n) is 2.79. The molecule has 2 nitrogen and oxygen atoms in total. The van der Waals surface area contributed by atoms with Gasteiger partial charge in [-0.1, -0.05) is 30.3 Å². The number of alkyl halides is 3. The van der Waals surface area contributed by atoms with Crippen LogP contribution in [0.2, 0.25) is 0 Å². The van der Waals surface area contributed by atoms with Gasteiger partial charge >= 0.3 is 6.36 Å². The molecule has 1 unspecified atom stereocenters. The molecule has 0 spiro atoms. The molecule has 1 rings (SSSR count). The minimum Gasteiger partial charge on any atom is -0.306 e. The SMILES string of the molecule is NC(Cc1ccccc1)OC(F)(F)F. The summed E-state index contributed by atoms with van der Waals surface area (Å²) in [5.74, 6) is 0. The van der Waals surface area contributed by atoms with E-state index in [1.54, 1.807) is 30.3 Å². The van der Waals surface area contributed by atoms with Gasteiger partial charge in [-0.15, -0.1) is 13.2 Å². The molecule has 14 heavy (non-hydrogen) atoms. The van der Waals surface area contributed by atoms with Gasteiger partial charge in [-0.2, -0.15) is 0 Å². The van der Waals surface area contributed by atoms with Gasteiger partial charge in [0.2, 0.25) is 0 Å². The second-order valence-corrected chi connectivity index (χ2v) is 2.79. The van der Waals surface area contributed by atoms with Gasteiger partial charge in [0.25, 0.3) is 0 Å². The number of benzene rings is 1. The monoisotopic (exact) mass is 205 g/mol. The predicted molar refractivity (Wildman–Crippen MR) is 45.3 cm³/mol. The van der Waals surface area contributed by atoms with Crippen molar-refractivity contribution in [3.05, 3.63) is 35.9 Å². The van der Waals surface area contributed by atoms with Crippen molar-refractivity contribution in [3.8, 4) is 0 Å². The lowest BCUT2D eigenvalue weighted by Crippen LogP contribution is -2.32. The summed E-state index contributed by atoms with van der Waals surface area (Å²) in [6.07, 6.45) is -5.98. The number of ether oxygens (including phenoxy) is 1. The summed E-state index contributed by atoms with van der Waals surface area (Å²) in [6.45, 7) is 0. The van der Waals surface area contributed by atoms with E-state index in [0.29, 0.717) is 5.56 Å². The molecule has 0 bridgehead atoms. The first-order valence-corrected chi connectivity index (χ1v) is 4.01. The zero-order chi connectivity index (χ0) is 10.6. The van der Waals surface area contributed by atoms with Crippen molar-refractivity contribution in [3.63, 3.8) is 0 Å². The van der Waals surface area contributed by atoms with Gasteiger partial charge in [0.15, 0.2) is 0 Å². The largest absolute Gasteiger partial charge is 0.524 e. The Kier molecular flexibility index (Phi) is 3.49. The summed E-state index contributed by atoms with van der Waals surface area (Å²) in [7, 11) is 0. The van der Waals surface area contributed by atoms with Crippen molar-refractivity contribution < 1.29 is 17.9 Å². The number of nitrogens with two attached hydrogens (primary N) is 1. The Bertz CT molecular complexity index is 273. The normalized spacial score (nSPS) is 14.0. The highest BCUT2D eigenvalue weighted by molar-refractivity contribution is 5.15. The number of hydrogen-bond acceptors (Lipinski definition) is 2. The molecule has 0 aliphatic rings. The Balaban J connectivity index is 2.46. The van der Waals surface area contributed by atoms with Crippen molar-refractivity contribution in [1.29, 1.82) is 0 Å². The summed E-state index contributed by atoms with van der Waals surface area (Å²) >= 11 is 0. The van der Waals surface area contributed by atoms with Gasteiger partial charge in [-0.05, 0) is 5.56 Å². The van der Waals surface area contributed by atoms with E-state index >= 15 is 0 Å². The van der Waals surface area contributed by atoms with Crippen LogP contribution in [0.5, 0.6) is 0 Å². The zero-order valence-corrected chi connectivity index (χ0v) is 7.29. The third kappa shape index (κ3) is 4.25. The number of rotatable bonds is 3. The van der Waals surface area contributed by atoms with Crippen molar-refractivity contribution in [2.75, 3.05) is 0 Å². The molecule has 1 aromatic carbocycles. The van der Waals surface area contributed by atoms with Crippen molar-refractivity contribution in [1.82, 2.24) is 0 Å². The smallest absolute Gasteiger partial charge is 0.306 e. The van der Waals surface area contributed by atoms with Crippen LogP contribution in [0, 0.1) is 0 Å². The molecule has 0 radical (unpaired) electrons. The first kappa shape index (κ1) is 11.0. The van der Waals surface area contributed by atoms with E-state index in [2.05, 4.69) is 4.74 Å². The third-order valence-electron chi connectivity index (χ3n) is 1.56. The van der Waals surface area contributed by atoms with E-state index in [9.17, 15) is 13.2 Å². The summed E-state index contributed by atoms with van der Waals surface area (Å²) in [4.78, 5) is 0.